The molecule has 0 unspecified atom stereocenters. The highest BCUT2D eigenvalue weighted by molar-refractivity contribution is 7.80. The molecule has 0 saturated carbocycles. The van der Waals surface area contributed by atoms with E-state index < -0.39 is 5.97 Å². The molecule has 0 fully saturated rings. The number of esters is 1. The second-order valence-electron chi connectivity index (χ2n) is 7.19. The number of carbonyl (C=O) groups excluding carboxylic acids is 2. The van der Waals surface area contributed by atoms with Crippen molar-refractivity contribution in [3.05, 3.63) is 45.8 Å². The standard InChI is InChI=1S/C21H24N2O4S2/c1-12(2)11-27-14-7-4-6-13(10-14)18(24)22-21(28)23-19-17(20(25)26-3)15-8-5-9-16(15)29-19/h4,6-7,10,12H,5,8-9,11H2,1-3H3,(H2,22,23,24,28). The second-order valence-corrected chi connectivity index (χ2v) is 8.71. The number of thiophene rings is 1. The molecule has 2 aromatic rings. The van der Waals surface area contributed by atoms with E-state index in [0.717, 1.165) is 29.7 Å². The lowest BCUT2D eigenvalue weighted by Crippen LogP contribution is -2.34. The molecule has 1 heterocycles. The average molecular weight is 433 g/mol. The molecule has 1 aromatic carbocycles. The van der Waals surface area contributed by atoms with Gasteiger partial charge in [0.15, 0.2) is 5.11 Å². The number of aryl methyl sites for hydroxylation is 1. The zero-order valence-electron chi connectivity index (χ0n) is 16.7. The van der Waals surface area contributed by atoms with Crippen LogP contribution in [0.1, 0.15) is 51.4 Å². The molecular formula is C21H24N2O4S2. The number of fused-ring (bicyclic) bond motifs is 1. The highest BCUT2D eigenvalue weighted by Crippen LogP contribution is 2.39. The van der Waals surface area contributed by atoms with Crippen molar-refractivity contribution in [2.45, 2.75) is 33.1 Å². The van der Waals surface area contributed by atoms with E-state index in [1.807, 2.05) is 6.07 Å². The van der Waals surface area contributed by atoms with Crippen molar-refractivity contribution < 1.29 is 19.1 Å². The summed E-state index contributed by atoms with van der Waals surface area (Å²) in [6.45, 7) is 4.69. The third kappa shape index (κ3) is 5.13. The molecule has 1 aromatic heterocycles. The van der Waals surface area contributed by atoms with Crippen LogP contribution in [-0.4, -0.2) is 30.7 Å². The molecule has 8 heteroatoms. The molecule has 0 bridgehead atoms. The van der Waals surface area contributed by atoms with Crippen molar-refractivity contribution >= 4 is 45.5 Å². The first kappa shape index (κ1) is 21.3. The van der Waals surface area contributed by atoms with E-state index in [-0.39, 0.29) is 11.0 Å². The molecule has 3 rings (SSSR count). The maximum Gasteiger partial charge on any atom is 0.341 e. The summed E-state index contributed by atoms with van der Waals surface area (Å²) in [5.41, 5.74) is 1.98. The number of anilines is 1. The van der Waals surface area contributed by atoms with E-state index in [2.05, 4.69) is 24.5 Å². The van der Waals surface area contributed by atoms with Crippen LogP contribution in [0.2, 0.25) is 0 Å². The van der Waals surface area contributed by atoms with Crippen LogP contribution in [0.3, 0.4) is 0 Å². The van der Waals surface area contributed by atoms with Crippen LogP contribution in [0.5, 0.6) is 5.75 Å². The number of hydrogen-bond donors (Lipinski definition) is 2. The molecule has 1 aliphatic rings. The molecule has 1 aliphatic carbocycles. The van der Waals surface area contributed by atoms with Gasteiger partial charge in [-0.3, -0.25) is 10.1 Å². The van der Waals surface area contributed by atoms with E-state index in [1.54, 1.807) is 18.2 Å². The van der Waals surface area contributed by atoms with Crippen molar-refractivity contribution in [2.24, 2.45) is 5.92 Å². The van der Waals surface area contributed by atoms with Gasteiger partial charge in [-0.05, 0) is 61.2 Å². The Kier molecular flexibility index (Phi) is 6.87. The maximum absolute atomic E-state index is 12.6. The lowest BCUT2D eigenvalue weighted by atomic mass is 10.1. The normalized spacial score (nSPS) is 12.4. The first-order chi connectivity index (χ1) is 13.9. The Hall–Kier alpha value is -2.45. The SMILES string of the molecule is COC(=O)c1c(NC(=S)NC(=O)c2cccc(OCC(C)C)c2)sc2c1CCC2. The van der Waals surface area contributed by atoms with Gasteiger partial charge in [0.05, 0.1) is 19.3 Å². The third-order valence-electron chi connectivity index (χ3n) is 4.44. The molecule has 0 radical (unpaired) electrons. The van der Waals surface area contributed by atoms with Crippen LogP contribution in [0, 0.1) is 5.92 Å². The minimum absolute atomic E-state index is 0.133. The summed E-state index contributed by atoms with van der Waals surface area (Å²) in [6, 6.07) is 6.95. The fourth-order valence-electron chi connectivity index (χ4n) is 3.11. The summed E-state index contributed by atoms with van der Waals surface area (Å²) in [4.78, 5) is 26.0. The molecule has 2 N–H and O–H groups in total. The van der Waals surface area contributed by atoms with Gasteiger partial charge in [-0.2, -0.15) is 0 Å². The molecule has 154 valence electrons. The van der Waals surface area contributed by atoms with Gasteiger partial charge in [-0.1, -0.05) is 19.9 Å². The number of nitrogens with one attached hydrogen (secondary N) is 2. The summed E-state index contributed by atoms with van der Waals surface area (Å²) in [6.07, 6.45) is 2.82. The van der Waals surface area contributed by atoms with Crippen molar-refractivity contribution in [1.82, 2.24) is 5.32 Å². The van der Waals surface area contributed by atoms with Crippen LogP contribution in [-0.2, 0) is 17.6 Å². The maximum atomic E-state index is 12.6. The molecule has 0 saturated heterocycles. The first-order valence-electron chi connectivity index (χ1n) is 9.47. The quantitative estimate of drug-likeness (QED) is 0.527. The van der Waals surface area contributed by atoms with Gasteiger partial charge in [-0.15, -0.1) is 11.3 Å². The zero-order chi connectivity index (χ0) is 21.0. The number of ether oxygens (including phenoxy) is 2. The minimum Gasteiger partial charge on any atom is -0.493 e. The Morgan fingerprint density at radius 1 is 1.28 bits per heavy atom. The molecule has 6 nitrogen and oxygen atoms in total. The first-order valence-corrected chi connectivity index (χ1v) is 10.7. The number of methoxy groups -OCH3 is 1. The van der Waals surface area contributed by atoms with Gasteiger partial charge >= 0.3 is 5.97 Å². The van der Waals surface area contributed by atoms with Crippen LogP contribution in [0.15, 0.2) is 24.3 Å². The monoisotopic (exact) mass is 432 g/mol. The Morgan fingerprint density at radius 2 is 2.07 bits per heavy atom. The van der Waals surface area contributed by atoms with Gasteiger partial charge in [-0.25, -0.2) is 4.79 Å². The summed E-state index contributed by atoms with van der Waals surface area (Å²) >= 11 is 6.78. The molecule has 1 amide bonds. The number of benzene rings is 1. The summed E-state index contributed by atoms with van der Waals surface area (Å²) < 4.78 is 10.6. The molecule has 29 heavy (non-hydrogen) atoms. The summed E-state index contributed by atoms with van der Waals surface area (Å²) in [5.74, 6) is 0.283. The third-order valence-corrected chi connectivity index (χ3v) is 5.86. The van der Waals surface area contributed by atoms with Crippen LogP contribution >= 0.6 is 23.6 Å². The fraction of sp³-hybridized carbons (Fsp3) is 0.381. The van der Waals surface area contributed by atoms with Gasteiger partial charge in [0, 0.05) is 10.4 Å². The van der Waals surface area contributed by atoms with Gasteiger partial charge in [0.25, 0.3) is 5.91 Å². The van der Waals surface area contributed by atoms with Gasteiger partial charge < -0.3 is 14.8 Å². The number of carbonyl (C=O) groups is 2. The number of hydrogen-bond acceptors (Lipinski definition) is 6. The minimum atomic E-state index is -0.393. The van der Waals surface area contributed by atoms with E-state index in [0.29, 0.717) is 34.4 Å². The Morgan fingerprint density at radius 3 is 2.79 bits per heavy atom. The summed E-state index contributed by atoms with van der Waals surface area (Å²) in [5, 5.41) is 6.41. The second kappa shape index (κ2) is 9.37. The Bertz CT molecular complexity index is 937. The summed E-state index contributed by atoms with van der Waals surface area (Å²) in [7, 11) is 1.36. The zero-order valence-corrected chi connectivity index (χ0v) is 18.3. The van der Waals surface area contributed by atoms with Crippen LogP contribution < -0.4 is 15.4 Å². The van der Waals surface area contributed by atoms with Crippen molar-refractivity contribution in [2.75, 3.05) is 19.0 Å². The number of rotatable bonds is 6. The predicted molar refractivity (Wildman–Crippen MR) is 118 cm³/mol. The van der Waals surface area contributed by atoms with Gasteiger partial charge in [0.2, 0.25) is 0 Å². The molecular weight excluding hydrogens is 408 g/mol. The highest BCUT2D eigenvalue weighted by atomic mass is 32.1. The van der Waals surface area contributed by atoms with E-state index in [1.165, 1.54) is 18.4 Å². The lowest BCUT2D eigenvalue weighted by Gasteiger charge is -2.12. The Balaban J connectivity index is 1.68. The Labute approximate surface area is 179 Å². The molecule has 0 aliphatic heterocycles. The van der Waals surface area contributed by atoms with E-state index in [4.69, 9.17) is 21.7 Å². The van der Waals surface area contributed by atoms with E-state index in [9.17, 15) is 9.59 Å². The van der Waals surface area contributed by atoms with Crippen LogP contribution in [0.4, 0.5) is 5.00 Å². The number of amides is 1. The molecule has 0 spiro atoms. The highest BCUT2D eigenvalue weighted by Gasteiger charge is 2.27. The topological polar surface area (TPSA) is 76.7 Å². The lowest BCUT2D eigenvalue weighted by molar-refractivity contribution is 0.0601. The van der Waals surface area contributed by atoms with Crippen LogP contribution in [0.25, 0.3) is 0 Å². The fourth-order valence-corrected chi connectivity index (χ4v) is 4.65. The van der Waals surface area contributed by atoms with Crippen molar-refractivity contribution in [1.29, 1.82) is 0 Å². The largest absolute Gasteiger partial charge is 0.493 e. The van der Waals surface area contributed by atoms with Crippen molar-refractivity contribution in [3.63, 3.8) is 0 Å². The average Bonchev–Trinajstić information content (AvgIpc) is 3.26. The van der Waals surface area contributed by atoms with E-state index >= 15 is 0 Å². The smallest absolute Gasteiger partial charge is 0.341 e. The number of thiocarbonyl (C=S) groups is 1. The van der Waals surface area contributed by atoms with Crippen molar-refractivity contribution in [3.8, 4) is 5.75 Å². The molecule has 0 atom stereocenters. The predicted octanol–water partition coefficient (Wildman–Crippen LogP) is 4.19. The van der Waals surface area contributed by atoms with Gasteiger partial charge in [0.1, 0.15) is 10.8 Å².